The van der Waals surface area contributed by atoms with Crippen molar-refractivity contribution < 1.29 is 14.7 Å². The van der Waals surface area contributed by atoms with Crippen LogP contribution in [0, 0.1) is 5.92 Å². The zero-order valence-electron chi connectivity index (χ0n) is 14.1. The van der Waals surface area contributed by atoms with Crippen LogP contribution < -0.4 is 5.32 Å². The number of carbonyl (C=O) groups is 2. The monoisotopic (exact) mass is 317 g/mol. The third kappa shape index (κ3) is 4.81. The molecule has 1 atom stereocenters. The second kappa shape index (κ2) is 8.14. The largest absolute Gasteiger partial charge is 0.478 e. The van der Waals surface area contributed by atoms with Crippen molar-refractivity contribution >= 4 is 17.6 Å². The normalized spacial score (nSPS) is 15.2. The summed E-state index contributed by atoms with van der Waals surface area (Å²) < 4.78 is 0. The maximum atomic E-state index is 11.9. The number of unbranched alkanes of at least 4 members (excludes halogenated alkanes) is 2. The predicted molar refractivity (Wildman–Crippen MR) is 91.9 cm³/mol. The number of nitrogens with one attached hydrogen (secondary N) is 1. The van der Waals surface area contributed by atoms with Crippen molar-refractivity contribution in [2.45, 2.75) is 64.7 Å². The van der Waals surface area contributed by atoms with Gasteiger partial charge in [-0.3, -0.25) is 4.79 Å². The van der Waals surface area contributed by atoms with Gasteiger partial charge < -0.3 is 10.4 Å². The summed E-state index contributed by atoms with van der Waals surface area (Å²) in [4.78, 5) is 23.5. The summed E-state index contributed by atoms with van der Waals surface area (Å²) in [5, 5.41) is 12.4. The van der Waals surface area contributed by atoms with E-state index in [2.05, 4.69) is 19.2 Å². The number of carboxylic acids is 1. The Kier molecular flexibility index (Phi) is 6.20. The molecule has 1 fully saturated rings. The lowest BCUT2D eigenvalue weighted by atomic mass is 9.87. The number of carbonyl (C=O) groups excluding carboxylic acids is 1. The number of benzene rings is 1. The van der Waals surface area contributed by atoms with E-state index < -0.39 is 5.97 Å². The molecule has 1 aliphatic carbocycles. The minimum atomic E-state index is -0.894. The predicted octanol–water partition coefficient (Wildman–Crippen LogP) is 4.81. The first-order chi connectivity index (χ1) is 11.1. The van der Waals surface area contributed by atoms with Gasteiger partial charge in [-0.05, 0) is 55.4 Å². The molecule has 1 amide bonds. The van der Waals surface area contributed by atoms with Gasteiger partial charge in [-0.1, -0.05) is 33.1 Å². The molecule has 0 aromatic heterocycles. The van der Waals surface area contributed by atoms with E-state index in [0.29, 0.717) is 5.56 Å². The van der Waals surface area contributed by atoms with Gasteiger partial charge in [0.15, 0.2) is 0 Å². The van der Waals surface area contributed by atoms with Crippen LogP contribution in [0.15, 0.2) is 18.2 Å². The van der Waals surface area contributed by atoms with Crippen molar-refractivity contribution in [3.8, 4) is 0 Å². The van der Waals surface area contributed by atoms with Gasteiger partial charge >= 0.3 is 5.97 Å². The molecular weight excluding hydrogens is 290 g/mol. The fourth-order valence-corrected chi connectivity index (χ4v) is 2.98. The van der Waals surface area contributed by atoms with E-state index in [1.165, 1.54) is 0 Å². The van der Waals surface area contributed by atoms with Crippen LogP contribution in [-0.2, 0) is 4.79 Å². The Hall–Kier alpha value is -1.84. The molecule has 0 radical (unpaired) electrons. The summed E-state index contributed by atoms with van der Waals surface area (Å²) in [5.41, 5.74) is 1.93. The molecule has 2 N–H and O–H groups in total. The first-order valence-corrected chi connectivity index (χ1v) is 8.74. The molecule has 126 valence electrons. The molecule has 0 heterocycles. The molecule has 0 saturated heterocycles. The molecule has 1 saturated carbocycles. The van der Waals surface area contributed by atoms with Crippen molar-refractivity contribution in [2.24, 2.45) is 5.92 Å². The van der Waals surface area contributed by atoms with E-state index >= 15 is 0 Å². The lowest BCUT2D eigenvalue weighted by Crippen LogP contribution is -2.15. The summed E-state index contributed by atoms with van der Waals surface area (Å²) in [6.07, 6.45) is 7.24. The highest BCUT2D eigenvalue weighted by atomic mass is 16.4. The highest BCUT2D eigenvalue weighted by molar-refractivity contribution is 5.95. The second-order valence-corrected chi connectivity index (χ2v) is 6.47. The minimum Gasteiger partial charge on any atom is -0.478 e. The van der Waals surface area contributed by atoms with E-state index in [4.69, 9.17) is 0 Å². The maximum Gasteiger partial charge on any atom is 0.335 e. The van der Waals surface area contributed by atoms with E-state index in [-0.39, 0.29) is 17.7 Å². The van der Waals surface area contributed by atoms with Crippen molar-refractivity contribution in [1.82, 2.24) is 0 Å². The van der Waals surface area contributed by atoms with Gasteiger partial charge in [0, 0.05) is 11.6 Å². The molecule has 4 heteroatoms. The number of hydrogen-bond donors (Lipinski definition) is 2. The average Bonchev–Trinajstić information content (AvgIpc) is 3.36. The van der Waals surface area contributed by atoms with Gasteiger partial charge in [0.05, 0.1) is 5.56 Å². The van der Waals surface area contributed by atoms with Gasteiger partial charge in [-0.25, -0.2) is 4.79 Å². The number of hydrogen-bond acceptors (Lipinski definition) is 2. The molecule has 0 spiro atoms. The Balaban J connectivity index is 2.20. The number of anilines is 1. The van der Waals surface area contributed by atoms with Gasteiger partial charge in [0.25, 0.3) is 0 Å². The summed E-state index contributed by atoms with van der Waals surface area (Å²) in [5.74, 6) is -0.471. The zero-order chi connectivity index (χ0) is 16.8. The zero-order valence-corrected chi connectivity index (χ0v) is 14.1. The number of carboxylic acid groups (broad SMARTS) is 1. The number of aromatic carboxylic acids is 1. The van der Waals surface area contributed by atoms with Crippen LogP contribution in [0.25, 0.3) is 0 Å². The topological polar surface area (TPSA) is 66.4 Å². The lowest BCUT2D eigenvalue weighted by Gasteiger charge is -2.19. The quantitative estimate of drug-likeness (QED) is 0.642. The summed E-state index contributed by atoms with van der Waals surface area (Å²) in [7, 11) is 0. The summed E-state index contributed by atoms with van der Waals surface area (Å²) >= 11 is 0. The van der Waals surface area contributed by atoms with Crippen LogP contribution in [0.1, 0.15) is 80.6 Å². The number of amides is 1. The fourth-order valence-electron chi connectivity index (χ4n) is 2.98. The van der Waals surface area contributed by atoms with Crippen molar-refractivity contribution in [3.63, 3.8) is 0 Å². The first kappa shape index (κ1) is 17.5. The molecule has 23 heavy (non-hydrogen) atoms. The molecule has 1 aromatic rings. The Labute approximate surface area is 138 Å². The maximum absolute atomic E-state index is 11.9. The molecule has 0 aliphatic heterocycles. The average molecular weight is 317 g/mol. The van der Waals surface area contributed by atoms with Crippen molar-refractivity contribution in [2.75, 3.05) is 5.32 Å². The van der Waals surface area contributed by atoms with Crippen molar-refractivity contribution in [1.29, 1.82) is 0 Å². The first-order valence-electron chi connectivity index (χ1n) is 8.74. The molecule has 4 nitrogen and oxygen atoms in total. The van der Waals surface area contributed by atoms with Crippen LogP contribution >= 0.6 is 0 Å². The molecule has 0 bridgehead atoms. The van der Waals surface area contributed by atoms with Crippen LogP contribution in [-0.4, -0.2) is 17.0 Å². The van der Waals surface area contributed by atoms with Gasteiger partial charge in [0.2, 0.25) is 5.91 Å². The van der Waals surface area contributed by atoms with Crippen LogP contribution in [0.5, 0.6) is 0 Å². The fraction of sp³-hybridized carbons (Fsp3) is 0.579. The Morgan fingerprint density at radius 3 is 2.57 bits per heavy atom. The molecule has 1 unspecified atom stereocenters. The third-order valence-corrected chi connectivity index (χ3v) is 4.59. The number of rotatable bonds is 9. The highest BCUT2D eigenvalue weighted by Gasteiger charge is 2.29. The van der Waals surface area contributed by atoms with Crippen LogP contribution in [0.2, 0.25) is 0 Å². The molecular formula is C19H27NO3. The van der Waals surface area contributed by atoms with Crippen LogP contribution in [0.4, 0.5) is 5.69 Å². The highest BCUT2D eigenvalue weighted by Crippen LogP contribution is 2.33. The Bertz CT molecular complexity index is 564. The smallest absolute Gasteiger partial charge is 0.335 e. The van der Waals surface area contributed by atoms with E-state index in [0.717, 1.165) is 56.2 Å². The molecule has 2 rings (SSSR count). The van der Waals surface area contributed by atoms with E-state index in [1.807, 2.05) is 6.07 Å². The summed E-state index contributed by atoms with van der Waals surface area (Å²) in [6.45, 7) is 4.26. The van der Waals surface area contributed by atoms with Gasteiger partial charge in [-0.15, -0.1) is 0 Å². The van der Waals surface area contributed by atoms with Crippen LogP contribution in [0.3, 0.4) is 0 Å². The standard InChI is InChI=1S/C19H27NO3/c1-3-5-6-7-13(4-2)17-12-15(10-11-16(17)19(22)23)20-18(21)14-8-9-14/h10-14H,3-9H2,1-2H3,(H,20,21)(H,22,23). The summed E-state index contributed by atoms with van der Waals surface area (Å²) in [6, 6.07) is 5.19. The minimum absolute atomic E-state index is 0.0538. The lowest BCUT2D eigenvalue weighted by molar-refractivity contribution is -0.117. The Morgan fingerprint density at radius 2 is 2.00 bits per heavy atom. The van der Waals surface area contributed by atoms with E-state index in [9.17, 15) is 14.7 Å². The Morgan fingerprint density at radius 1 is 1.26 bits per heavy atom. The van der Waals surface area contributed by atoms with Gasteiger partial charge in [-0.2, -0.15) is 0 Å². The van der Waals surface area contributed by atoms with E-state index in [1.54, 1.807) is 12.1 Å². The van der Waals surface area contributed by atoms with Gasteiger partial charge in [0.1, 0.15) is 0 Å². The SMILES string of the molecule is CCCCCC(CC)c1cc(NC(=O)C2CC2)ccc1C(=O)O. The second-order valence-electron chi connectivity index (χ2n) is 6.47. The molecule has 1 aromatic carbocycles. The third-order valence-electron chi connectivity index (χ3n) is 4.59. The molecule has 1 aliphatic rings. The van der Waals surface area contributed by atoms with Crippen molar-refractivity contribution in [3.05, 3.63) is 29.3 Å².